The summed E-state index contributed by atoms with van der Waals surface area (Å²) in [4.78, 5) is 28.3. The fourth-order valence-electron chi connectivity index (χ4n) is 3.70. The lowest BCUT2D eigenvalue weighted by molar-refractivity contribution is -0.140. The van der Waals surface area contributed by atoms with Gasteiger partial charge in [-0.15, -0.1) is 11.3 Å². The molecule has 0 bridgehead atoms. The molecule has 12 heteroatoms. The van der Waals surface area contributed by atoms with Gasteiger partial charge in [0.2, 0.25) is 5.91 Å². The van der Waals surface area contributed by atoms with Crippen LogP contribution in [-0.2, 0) is 17.5 Å². The van der Waals surface area contributed by atoms with E-state index in [0.717, 1.165) is 29.6 Å². The molecule has 1 aromatic carbocycles. The first kappa shape index (κ1) is 24.3. The molecule has 182 valence electrons. The van der Waals surface area contributed by atoms with Gasteiger partial charge in [0.05, 0.1) is 11.4 Å². The maximum absolute atomic E-state index is 13.6. The third kappa shape index (κ3) is 5.02. The molecule has 2 amide bonds. The number of nitrogens with one attached hydrogen (secondary N) is 1. The van der Waals surface area contributed by atoms with E-state index in [1.165, 1.54) is 12.1 Å². The normalized spacial score (nSPS) is 11.7. The Labute approximate surface area is 200 Å². The maximum Gasteiger partial charge on any atom is 0.433 e. The van der Waals surface area contributed by atoms with Crippen LogP contribution < -0.4 is 11.1 Å². The summed E-state index contributed by atoms with van der Waals surface area (Å²) in [5.41, 5.74) is 6.18. The highest BCUT2D eigenvalue weighted by atomic mass is 32.1. The second-order valence-corrected chi connectivity index (χ2v) is 8.86. The second kappa shape index (κ2) is 9.10. The van der Waals surface area contributed by atoms with Crippen molar-refractivity contribution in [1.82, 2.24) is 14.8 Å². The number of thiophene rings is 1. The van der Waals surface area contributed by atoms with Crippen LogP contribution in [-0.4, -0.2) is 26.6 Å². The number of pyridine rings is 1. The van der Waals surface area contributed by atoms with Crippen LogP contribution >= 0.6 is 11.3 Å². The molecule has 3 N–H and O–H groups in total. The van der Waals surface area contributed by atoms with Gasteiger partial charge in [0.15, 0.2) is 0 Å². The van der Waals surface area contributed by atoms with Gasteiger partial charge in [-0.25, -0.2) is 9.37 Å². The predicted molar refractivity (Wildman–Crippen MR) is 123 cm³/mol. The quantitative estimate of drug-likeness (QED) is 0.358. The van der Waals surface area contributed by atoms with Gasteiger partial charge in [-0.05, 0) is 49.2 Å². The fraction of sp³-hybridized carbons (Fsp3) is 0.217. The Balaban J connectivity index is 1.81. The molecule has 0 aliphatic carbocycles. The highest BCUT2D eigenvalue weighted by molar-refractivity contribution is 7.21. The number of nitrogens with two attached hydrogens (primary N) is 1. The lowest BCUT2D eigenvalue weighted by atomic mass is 10.0. The van der Waals surface area contributed by atoms with Crippen LogP contribution in [0.5, 0.6) is 0 Å². The molecule has 0 saturated heterocycles. The van der Waals surface area contributed by atoms with Crippen molar-refractivity contribution < 1.29 is 27.2 Å². The number of amides is 2. The zero-order valence-electron chi connectivity index (χ0n) is 18.5. The van der Waals surface area contributed by atoms with Gasteiger partial charge in [-0.2, -0.15) is 18.3 Å². The van der Waals surface area contributed by atoms with Gasteiger partial charge >= 0.3 is 6.18 Å². The Morgan fingerprint density at radius 2 is 1.83 bits per heavy atom. The number of benzene rings is 1. The first-order valence-corrected chi connectivity index (χ1v) is 11.2. The van der Waals surface area contributed by atoms with Gasteiger partial charge in [-0.1, -0.05) is 12.1 Å². The summed E-state index contributed by atoms with van der Waals surface area (Å²) in [7, 11) is 0. The summed E-state index contributed by atoms with van der Waals surface area (Å²) in [6, 6.07) is 7.47. The van der Waals surface area contributed by atoms with Crippen LogP contribution in [0.2, 0.25) is 0 Å². The van der Waals surface area contributed by atoms with E-state index in [0.29, 0.717) is 11.3 Å². The third-order valence-electron chi connectivity index (χ3n) is 5.25. The van der Waals surface area contributed by atoms with Gasteiger partial charge in [0, 0.05) is 24.0 Å². The van der Waals surface area contributed by atoms with Crippen LogP contribution in [0.15, 0.2) is 36.4 Å². The average Bonchev–Trinajstić information content (AvgIpc) is 3.30. The topological polar surface area (TPSA) is 103 Å². The number of primary amides is 1. The first-order valence-electron chi connectivity index (χ1n) is 10.4. The Bertz CT molecular complexity index is 1440. The van der Waals surface area contributed by atoms with Crippen molar-refractivity contribution in [2.24, 2.45) is 5.73 Å². The molecule has 0 radical (unpaired) electrons. The summed E-state index contributed by atoms with van der Waals surface area (Å²) < 4.78 is 55.8. The highest BCUT2D eigenvalue weighted by Gasteiger charge is 2.35. The number of anilines is 1. The van der Waals surface area contributed by atoms with Gasteiger partial charge in [0.25, 0.3) is 5.91 Å². The Hall–Kier alpha value is -3.80. The van der Waals surface area contributed by atoms with Crippen LogP contribution in [0, 0.1) is 19.7 Å². The number of halogens is 4. The second-order valence-electron chi connectivity index (χ2n) is 7.86. The minimum absolute atomic E-state index is 0.0164. The van der Waals surface area contributed by atoms with Crippen molar-refractivity contribution in [2.45, 2.75) is 33.0 Å². The zero-order chi connectivity index (χ0) is 25.5. The van der Waals surface area contributed by atoms with E-state index < -0.39 is 29.5 Å². The van der Waals surface area contributed by atoms with E-state index in [-0.39, 0.29) is 44.9 Å². The van der Waals surface area contributed by atoms with Gasteiger partial charge < -0.3 is 11.1 Å². The van der Waals surface area contributed by atoms with Crippen molar-refractivity contribution in [3.63, 3.8) is 0 Å². The molecule has 4 aromatic rings. The fourth-order valence-corrected chi connectivity index (χ4v) is 4.71. The number of rotatable bonds is 6. The molecule has 0 unspecified atom stereocenters. The van der Waals surface area contributed by atoms with E-state index in [1.54, 1.807) is 4.68 Å². The third-order valence-corrected chi connectivity index (χ3v) is 6.35. The predicted octanol–water partition coefficient (Wildman–Crippen LogP) is 5.06. The standard InChI is InChI=1S/C23H19F4N5O2S/c1-11-9-12(2)32(31-11)8-7-17(33)30-19-18-15(13-3-5-14(24)6-4-13)10-16(23(25,26)27)29-22(18)35-20(19)21(28)34/h3-6,9-10H,7-8H2,1-2H3,(H2,28,34)(H,30,33). The number of hydrogen-bond acceptors (Lipinski definition) is 5. The molecular formula is C23H19F4N5O2S. The van der Waals surface area contributed by atoms with Crippen molar-refractivity contribution >= 4 is 39.1 Å². The first-order chi connectivity index (χ1) is 16.4. The van der Waals surface area contributed by atoms with Crippen LogP contribution in [0.1, 0.15) is 33.2 Å². The van der Waals surface area contributed by atoms with E-state index in [4.69, 9.17) is 5.73 Å². The number of alkyl halides is 3. The van der Waals surface area contributed by atoms with Gasteiger partial charge in [-0.3, -0.25) is 14.3 Å². The zero-order valence-corrected chi connectivity index (χ0v) is 19.4. The molecule has 0 aliphatic rings. The van der Waals surface area contributed by atoms with Crippen LogP contribution in [0.4, 0.5) is 23.2 Å². The van der Waals surface area contributed by atoms with E-state index in [2.05, 4.69) is 15.4 Å². The van der Waals surface area contributed by atoms with Crippen molar-refractivity contribution in [1.29, 1.82) is 0 Å². The van der Waals surface area contributed by atoms with E-state index in [9.17, 15) is 27.2 Å². The molecular weight excluding hydrogens is 486 g/mol. The van der Waals surface area contributed by atoms with Crippen molar-refractivity contribution in [2.75, 3.05) is 5.32 Å². The van der Waals surface area contributed by atoms with E-state index in [1.807, 2.05) is 19.9 Å². The van der Waals surface area contributed by atoms with Crippen LogP contribution in [0.3, 0.4) is 0 Å². The smallest absolute Gasteiger partial charge is 0.365 e. The molecule has 35 heavy (non-hydrogen) atoms. The molecule has 0 spiro atoms. The number of nitrogens with zero attached hydrogens (tertiary/aromatic N) is 3. The largest absolute Gasteiger partial charge is 0.433 e. The Kier molecular flexibility index (Phi) is 6.32. The summed E-state index contributed by atoms with van der Waals surface area (Å²) >= 11 is 0.644. The molecule has 0 atom stereocenters. The molecule has 0 saturated carbocycles. The van der Waals surface area contributed by atoms with Crippen molar-refractivity contribution in [3.05, 3.63) is 64.2 Å². The average molecular weight is 505 g/mol. The minimum atomic E-state index is -4.77. The Morgan fingerprint density at radius 1 is 1.14 bits per heavy atom. The summed E-state index contributed by atoms with van der Waals surface area (Å²) in [6.07, 6.45) is -4.79. The monoisotopic (exact) mass is 505 g/mol. The van der Waals surface area contributed by atoms with Gasteiger partial charge in [0.1, 0.15) is 21.2 Å². The summed E-state index contributed by atoms with van der Waals surface area (Å²) in [5.74, 6) is -2.00. The number of carbonyl (C=O) groups is 2. The summed E-state index contributed by atoms with van der Waals surface area (Å²) in [5, 5.41) is 7.03. The highest BCUT2D eigenvalue weighted by Crippen LogP contribution is 2.43. The number of aromatic nitrogens is 3. The molecule has 7 nitrogen and oxygen atoms in total. The SMILES string of the molecule is Cc1cc(C)n(CCC(=O)Nc2c(C(N)=O)sc3nc(C(F)(F)F)cc(-c4ccc(F)cc4)c23)n1. The maximum atomic E-state index is 13.6. The number of fused-ring (bicyclic) bond motifs is 1. The van der Waals surface area contributed by atoms with Crippen LogP contribution in [0.25, 0.3) is 21.3 Å². The minimum Gasteiger partial charge on any atom is -0.365 e. The molecule has 3 heterocycles. The Morgan fingerprint density at radius 3 is 2.40 bits per heavy atom. The molecule has 3 aromatic heterocycles. The molecule has 4 rings (SSSR count). The molecule has 0 aliphatic heterocycles. The lowest BCUT2D eigenvalue weighted by Gasteiger charge is -2.12. The number of hydrogen-bond donors (Lipinski definition) is 2. The number of carbonyl (C=O) groups excluding carboxylic acids is 2. The van der Waals surface area contributed by atoms with E-state index >= 15 is 0 Å². The molecule has 0 fully saturated rings. The number of aryl methyl sites for hydroxylation is 3. The summed E-state index contributed by atoms with van der Waals surface area (Å²) in [6.45, 7) is 3.91. The van der Waals surface area contributed by atoms with Crippen molar-refractivity contribution in [3.8, 4) is 11.1 Å². The lowest BCUT2D eigenvalue weighted by Crippen LogP contribution is -2.18.